The fraction of sp³-hybridized carbons (Fsp3) is 0.714. The number of rotatable bonds is 11. The van der Waals surface area contributed by atoms with Crippen LogP contribution in [-0.4, -0.2) is 52.5 Å². The van der Waals surface area contributed by atoms with Crippen molar-refractivity contribution in [2.45, 2.75) is 19.5 Å². The largest absolute Gasteiger partial charge is 0.463 e. The molecule has 0 atom stereocenters. The number of hydrogen-bond donors (Lipinski definition) is 1. The molecular weight excluding hydrogens is 244 g/mol. The molecule has 0 amide bonds. The normalized spacial score (nSPS) is 11.4. The van der Waals surface area contributed by atoms with Gasteiger partial charge in [-0.2, -0.15) is 0 Å². The number of nitrogens with one attached hydrogen (secondary N) is 1. The minimum atomic E-state index is 0.733. The van der Waals surface area contributed by atoms with Crippen molar-refractivity contribution in [2.24, 2.45) is 0 Å². The summed E-state index contributed by atoms with van der Waals surface area (Å²) in [6.07, 6.45) is 1.02. The molecule has 0 saturated heterocycles. The van der Waals surface area contributed by atoms with Crippen molar-refractivity contribution in [3.8, 4) is 0 Å². The van der Waals surface area contributed by atoms with Crippen LogP contribution in [0.2, 0.25) is 0 Å². The maximum Gasteiger partial charge on any atom is 0.118 e. The first-order chi connectivity index (χ1) is 9.30. The molecule has 0 aromatic carbocycles. The summed E-state index contributed by atoms with van der Waals surface area (Å²) >= 11 is 0. The Morgan fingerprint density at radius 2 is 1.84 bits per heavy atom. The molecule has 110 valence electrons. The van der Waals surface area contributed by atoms with Crippen LogP contribution >= 0.6 is 0 Å². The average molecular weight is 270 g/mol. The van der Waals surface area contributed by atoms with Crippen LogP contribution in [0.15, 0.2) is 16.5 Å². The van der Waals surface area contributed by atoms with E-state index in [9.17, 15) is 0 Å². The summed E-state index contributed by atoms with van der Waals surface area (Å²) < 4.78 is 16.0. The third-order valence-electron chi connectivity index (χ3n) is 2.88. The minimum absolute atomic E-state index is 0.733. The SMILES string of the molecule is CNCc1ccc(CN(CCCOC)CCOC)o1. The van der Waals surface area contributed by atoms with Crippen molar-refractivity contribution in [1.29, 1.82) is 0 Å². The highest BCUT2D eigenvalue weighted by Crippen LogP contribution is 2.11. The van der Waals surface area contributed by atoms with Crippen LogP contribution in [-0.2, 0) is 22.6 Å². The first-order valence-corrected chi connectivity index (χ1v) is 6.72. The van der Waals surface area contributed by atoms with Gasteiger partial charge in [0.2, 0.25) is 0 Å². The van der Waals surface area contributed by atoms with Crippen LogP contribution in [0.1, 0.15) is 17.9 Å². The quantitative estimate of drug-likeness (QED) is 0.617. The van der Waals surface area contributed by atoms with E-state index < -0.39 is 0 Å². The molecule has 19 heavy (non-hydrogen) atoms. The van der Waals surface area contributed by atoms with E-state index in [1.807, 2.05) is 19.2 Å². The van der Waals surface area contributed by atoms with E-state index in [0.717, 1.165) is 57.3 Å². The number of furan rings is 1. The molecule has 0 fully saturated rings. The molecule has 0 aliphatic rings. The third-order valence-corrected chi connectivity index (χ3v) is 2.88. The molecule has 1 aromatic rings. The molecule has 0 unspecified atom stereocenters. The lowest BCUT2D eigenvalue weighted by Crippen LogP contribution is -2.28. The highest BCUT2D eigenvalue weighted by molar-refractivity contribution is 5.07. The zero-order chi connectivity index (χ0) is 13.9. The van der Waals surface area contributed by atoms with E-state index in [4.69, 9.17) is 13.9 Å². The van der Waals surface area contributed by atoms with Crippen LogP contribution in [0, 0.1) is 0 Å². The number of methoxy groups -OCH3 is 2. The molecule has 0 spiro atoms. The highest BCUT2D eigenvalue weighted by atomic mass is 16.5. The van der Waals surface area contributed by atoms with E-state index in [2.05, 4.69) is 10.2 Å². The Kier molecular flexibility index (Phi) is 8.49. The lowest BCUT2D eigenvalue weighted by molar-refractivity contribution is 0.124. The van der Waals surface area contributed by atoms with Gasteiger partial charge in [-0.1, -0.05) is 0 Å². The van der Waals surface area contributed by atoms with Gasteiger partial charge in [-0.15, -0.1) is 0 Å². The molecule has 0 radical (unpaired) electrons. The molecule has 5 heteroatoms. The molecule has 1 rings (SSSR count). The van der Waals surface area contributed by atoms with Gasteiger partial charge in [0, 0.05) is 33.9 Å². The van der Waals surface area contributed by atoms with Crippen molar-refractivity contribution in [2.75, 3.05) is 47.6 Å². The minimum Gasteiger partial charge on any atom is -0.463 e. The Morgan fingerprint density at radius 1 is 1.11 bits per heavy atom. The van der Waals surface area contributed by atoms with Crippen molar-refractivity contribution in [3.63, 3.8) is 0 Å². The van der Waals surface area contributed by atoms with Gasteiger partial charge in [0.25, 0.3) is 0 Å². The zero-order valence-electron chi connectivity index (χ0n) is 12.3. The van der Waals surface area contributed by atoms with Gasteiger partial charge in [0.1, 0.15) is 11.5 Å². The van der Waals surface area contributed by atoms with Crippen LogP contribution in [0.4, 0.5) is 0 Å². The zero-order valence-corrected chi connectivity index (χ0v) is 12.3. The van der Waals surface area contributed by atoms with E-state index in [1.54, 1.807) is 14.2 Å². The van der Waals surface area contributed by atoms with E-state index in [-0.39, 0.29) is 0 Å². The Bertz CT molecular complexity index is 328. The van der Waals surface area contributed by atoms with Gasteiger partial charge in [-0.05, 0) is 25.6 Å². The third kappa shape index (κ3) is 6.73. The predicted octanol–water partition coefficient (Wildman–Crippen LogP) is 1.48. The maximum atomic E-state index is 5.76. The first-order valence-electron chi connectivity index (χ1n) is 6.72. The molecule has 0 aliphatic carbocycles. The molecular formula is C14H26N2O3. The van der Waals surface area contributed by atoms with E-state index in [1.165, 1.54) is 0 Å². The van der Waals surface area contributed by atoms with Crippen LogP contribution in [0.5, 0.6) is 0 Å². The highest BCUT2D eigenvalue weighted by Gasteiger charge is 2.09. The fourth-order valence-corrected chi connectivity index (χ4v) is 1.92. The summed E-state index contributed by atoms with van der Waals surface area (Å²) in [6, 6.07) is 4.07. The molecule has 1 N–H and O–H groups in total. The fourth-order valence-electron chi connectivity index (χ4n) is 1.92. The Morgan fingerprint density at radius 3 is 2.53 bits per heavy atom. The van der Waals surface area contributed by atoms with E-state index in [0.29, 0.717) is 0 Å². The lowest BCUT2D eigenvalue weighted by Gasteiger charge is -2.20. The molecule has 0 aliphatic heterocycles. The maximum absolute atomic E-state index is 5.76. The molecule has 1 heterocycles. The van der Waals surface area contributed by atoms with Gasteiger partial charge >= 0.3 is 0 Å². The second-order valence-corrected chi connectivity index (χ2v) is 4.51. The van der Waals surface area contributed by atoms with E-state index >= 15 is 0 Å². The molecule has 0 bridgehead atoms. The monoisotopic (exact) mass is 270 g/mol. The molecule has 0 saturated carbocycles. The van der Waals surface area contributed by atoms with Gasteiger partial charge in [-0.3, -0.25) is 4.90 Å². The number of nitrogens with zero attached hydrogens (tertiary/aromatic N) is 1. The van der Waals surface area contributed by atoms with Crippen molar-refractivity contribution in [3.05, 3.63) is 23.7 Å². The first kappa shape index (κ1) is 16.2. The van der Waals surface area contributed by atoms with Gasteiger partial charge in [-0.25, -0.2) is 0 Å². The van der Waals surface area contributed by atoms with Gasteiger partial charge < -0.3 is 19.2 Å². The molecule has 1 aromatic heterocycles. The number of ether oxygens (including phenoxy) is 2. The van der Waals surface area contributed by atoms with Crippen LogP contribution in [0.3, 0.4) is 0 Å². The average Bonchev–Trinajstić information content (AvgIpc) is 2.84. The Balaban J connectivity index is 2.43. The second-order valence-electron chi connectivity index (χ2n) is 4.51. The Hall–Kier alpha value is -0.880. The standard InChI is InChI=1S/C14H26N2O3/c1-15-11-13-5-6-14(19-13)12-16(8-10-18-3)7-4-9-17-2/h5-6,15H,4,7-12H2,1-3H3. The van der Waals surface area contributed by atoms with Gasteiger partial charge in [0.05, 0.1) is 19.7 Å². The Labute approximate surface area is 115 Å². The van der Waals surface area contributed by atoms with Gasteiger partial charge in [0.15, 0.2) is 0 Å². The molecule has 5 nitrogen and oxygen atoms in total. The van der Waals surface area contributed by atoms with Crippen LogP contribution < -0.4 is 5.32 Å². The summed E-state index contributed by atoms with van der Waals surface area (Å²) in [6.45, 7) is 4.99. The predicted molar refractivity (Wildman–Crippen MR) is 75.1 cm³/mol. The van der Waals surface area contributed by atoms with Crippen LogP contribution in [0.25, 0.3) is 0 Å². The topological polar surface area (TPSA) is 46.9 Å². The van der Waals surface area contributed by atoms with Crippen molar-refractivity contribution in [1.82, 2.24) is 10.2 Å². The summed E-state index contributed by atoms with van der Waals surface area (Å²) in [7, 11) is 5.37. The number of hydrogen-bond acceptors (Lipinski definition) is 5. The summed E-state index contributed by atoms with van der Waals surface area (Å²) in [5.74, 6) is 1.97. The summed E-state index contributed by atoms with van der Waals surface area (Å²) in [4.78, 5) is 2.32. The smallest absolute Gasteiger partial charge is 0.118 e. The second kappa shape index (κ2) is 9.97. The lowest BCUT2D eigenvalue weighted by atomic mass is 10.3. The summed E-state index contributed by atoms with van der Waals surface area (Å²) in [5.41, 5.74) is 0. The summed E-state index contributed by atoms with van der Waals surface area (Å²) in [5, 5.41) is 3.08. The van der Waals surface area contributed by atoms with Crippen molar-refractivity contribution >= 4 is 0 Å². The van der Waals surface area contributed by atoms with Crippen molar-refractivity contribution < 1.29 is 13.9 Å².